The molecule has 0 radical (unpaired) electrons. The molecule has 0 spiro atoms. The van der Waals surface area contributed by atoms with Crippen molar-refractivity contribution in [2.45, 2.75) is 0 Å². The predicted molar refractivity (Wildman–Crippen MR) is 50.6 cm³/mol. The molecule has 2 rings (SSSR count). The van der Waals surface area contributed by atoms with E-state index in [4.69, 9.17) is 9.52 Å². The minimum absolute atomic E-state index is 0.198. The maximum atomic E-state index is 10.7. The zero-order valence-corrected chi connectivity index (χ0v) is 7.54. The Labute approximate surface area is 84.6 Å². The average molecular weight is 205 g/mol. The molecule has 5 nitrogen and oxygen atoms in total. The van der Waals surface area contributed by atoms with Crippen LogP contribution in [0.4, 0.5) is 0 Å². The van der Waals surface area contributed by atoms with E-state index in [1.807, 2.05) is 0 Å². The largest absolute Gasteiger partial charge is 0.505 e. The number of carboxylic acid groups (broad SMARTS) is 1. The van der Waals surface area contributed by atoms with Gasteiger partial charge in [0.2, 0.25) is 0 Å². The van der Waals surface area contributed by atoms with E-state index in [9.17, 15) is 9.90 Å². The summed E-state index contributed by atoms with van der Waals surface area (Å²) in [6.07, 6.45) is 2.55. The highest BCUT2D eigenvalue weighted by Gasteiger charge is 2.12. The van der Waals surface area contributed by atoms with Gasteiger partial charge in [-0.05, 0) is 18.2 Å². The van der Waals surface area contributed by atoms with E-state index >= 15 is 0 Å². The summed E-state index contributed by atoms with van der Waals surface area (Å²) in [5.74, 6) is -1.11. The van der Waals surface area contributed by atoms with E-state index in [0.717, 1.165) is 6.20 Å². The van der Waals surface area contributed by atoms with Crippen LogP contribution in [0.3, 0.4) is 0 Å². The third-order valence-corrected chi connectivity index (χ3v) is 1.89. The molecule has 2 heterocycles. The Morgan fingerprint density at radius 3 is 2.87 bits per heavy atom. The first-order chi connectivity index (χ1) is 7.18. The third kappa shape index (κ3) is 1.67. The molecule has 0 atom stereocenters. The molecule has 0 aliphatic heterocycles. The van der Waals surface area contributed by atoms with Crippen molar-refractivity contribution in [3.8, 4) is 17.2 Å². The summed E-state index contributed by atoms with van der Waals surface area (Å²) in [6.45, 7) is 0. The molecule has 0 fully saturated rings. The van der Waals surface area contributed by atoms with E-state index < -0.39 is 5.97 Å². The first-order valence-electron chi connectivity index (χ1n) is 4.14. The van der Waals surface area contributed by atoms with Gasteiger partial charge in [0, 0.05) is 0 Å². The lowest BCUT2D eigenvalue weighted by molar-refractivity contribution is 0.0693. The Morgan fingerprint density at radius 1 is 1.47 bits per heavy atom. The fraction of sp³-hybridized carbons (Fsp3) is 0. The Kier molecular flexibility index (Phi) is 2.13. The van der Waals surface area contributed by atoms with Crippen LogP contribution in [0, 0.1) is 0 Å². The van der Waals surface area contributed by atoms with Crippen LogP contribution < -0.4 is 0 Å². The summed E-state index contributed by atoms with van der Waals surface area (Å²) in [5.41, 5.74) is 0.173. The summed E-state index contributed by atoms with van der Waals surface area (Å²) in [4.78, 5) is 14.6. The number of rotatable bonds is 2. The normalized spacial score (nSPS) is 10.1. The second-order valence-electron chi connectivity index (χ2n) is 2.87. The smallest absolute Gasteiger partial charge is 0.339 e. The zero-order chi connectivity index (χ0) is 10.8. The Hall–Kier alpha value is -2.30. The lowest BCUT2D eigenvalue weighted by atomic mass is 10.2. The van der Waals surface area contributed by atoms with Crippen LogP contribution in [0.25, 0.3) is 11.5 Å². The lowest BCUT2D eigenvalue weighted by Crippen LogP contribution is -1.98. The van der Waals surface area contributed by atoms with E-state index in [1.54, 1.807) is 12.1 Å². The molecule has 0 saturated carbocycles. The van der Waals surface area contributed by atoms with Crippen molar-refractivity contribution in [2.24, 2.45) is 0 Å². The summed E-state index contributed by atoms with van der Waals surface area (Å²) in [6, 6.07) is 4.59. The molecule has 15 heavy (non-hydrogen) atoms. The molecule has 0 aliphatic rings. The van der Waals surface area contributed by atoms with Gasteiger partial charge in [0.25, 0.3) is 0 Å². The van der Waals surface area contributed by atoms with Gasteiger partial charge in [-0.3, -0.25) is 0 Å². The molecular formula is C10H7NO4. The number of pyridine rings is 1. The fourth-order valence-corrected chi connectivity index (χ4v) is 1.18. The SMILES string of the molecule is O=C(O)c1cc(-c2ccco2)ncc1O. The molecule has 0 amide bonds. The molecule has 0 saturated heterocycles. The number of aromatic hydroxyl groups is 1. The number of carboxylic acids is 1. The van der Waals surface area contributed by atoms with E-state index in [-0.39, 0.29) is 11.3 Å². The predicted octanol–water partition coefficient (Wildman–Crippen LogP) is 1.75. The van der Waals surface area contributed by atoms with Gasteiger partial charge >= 0.3 is 5.97 Å². The number of nitrogens with zero attached hydrogens (tertiary/aromatic N) is 1. The number of aromatic nitrogens is 1. The lowest BCUT2D eigenvalue weighted by Gasteiger charge is -2.00. The highest BCUT2D eigenvalue weighted by molar-refractivity contribution is 5.91. The molecule has 76 valence electrons. The number of hydrogen-bond acceptors (Lipinski definition) is 4. The second-order valence-corrected chi connectivity index (χ2v) is 2.87. The average Bonchev–Trinajstić information content (AvgIpc) is 2.71. The van der Waals surface area contributed by atoms with Gasteiger partial charge in [-0.25, -0.2) is 9.78 Å². The highest BCUT2D eigenvalue weighted by atomic mass is 16.4. The topological polar surface area (TPSA) is 83.6 Å². The molecular weight excluding hydrogens is 198 g/mol. The van der Waals surface area contributed by atoms with Gasteiger partial charge in [0.05, 0.1) is 12.5 Å². The van der Waals surface area contributed by atoms with Gasteiger partial charge in [-0.1, -0.05) is 0 Å². The van der Waals surface area contributed by atoms with Crippen LogP contribution in [-0.2, 0) is 0 Å². The third-order valence-electron chi connectivity index (χ3n) is 1.89. The van der Waals surface area contributed by atoms with Crippen LogP contribution in [-0.4, -0.2) is 21.2 Å². The van der Waals surface area contributed by atoms with Gasteiger partial charge < -0.3 is 14.6 Å². The summed E-state index contributed by atoms with van der Waals surface area (Å²) in [7, 11) is 0. The van der Waals surface area contributed by atoms with Crippen LogP contribution in [0.5, 0.6) is 5.75 Å². The Balaban J connectivity index is 2.52. The van der Waals surface area contributed by atoms with E-state index in [0.29, 0.717) is 11.5 Å². The van der Waals surface area contributed by atoms with Gasteiger partial charge in [-0.2, -0.15) is 0 Å². The van der Waals surface area contributed by atoms with Gasteiger partial charge in [0.1, 0.15) is 17.0 Å². The molecule has 0 unspecified atom stereocenters. The van der Waals surface area contributed by atoms with Crippen LogP contribution in [0.2, 0.25) is 0 Å². The van der Waals surface area contributed by atoms with Crippen LogP contribution >= 0.6 is 0 Å². The number of aromatic carboxylic acids is 1. The van der Waals surface area contributed by atoms with Crippen molar-refractivity contribution in [1.82, 2.24) is 4.98 Å². The first kappa shape index (κ1) is 9.26. The van der Waals surface area contributed by atoms with Crippen LogP contribution in [0.15, 0.2) is 35.1 Å². The summed E-state index contributed by atoms with van der Waals surface area (Å²) >= 11 is 0. The Bertz CT molecular complexity index is 490. The fourth-order valence-electron chi connectivity index (χ4n) is 1.18. The minimum Gasteiger partial charge on any atom is -0.505 e. The van der Waals surface area contributed by atoms with Crippen molar-refractivity contribution in [3.63, 3.8) is 0 Å². The maximum absolute atomic E-state index is 10.7. The number of furan rings is 1. The highest BCUT2D eigenvalue weighted by Crippen LogP contribution is 2.23. The van der Waals surface area contributed by atoms with Crippen molar-refractivity contribution in [3.05, 3.63) is 36.2 Å². The zero-order valence-electron chi connectivity index (χ0n) is 7.54. The molecule has 2 N–H and O–H groups in total. The van der Waals surface area contributed by atoms with Crippen LogP contribution in [0.1, 0.15) is 10.4 Å². The Morgan fingerprint density at radius 2 is 2.27 bits per heavy atom. The molecule has 5 heteroatoms. The maximum Gasteiger partial charge on any atom is 0.339 e. The minimum atomic E-state index is -1.21. The summed E-state index contributed by atoms with van der Waals surface area (Å²) < 4.78 is 5.06. The summed E-state index contributed by atoms with van der Waals surface area (Å²) in [5, 5.41) is 18.0. The first-order valence-corrected chi connectivity index (χ1v) is 4.14. The molecule has 0 aromatic carbocycles. The number of carbonyl (C=O) groups is 1. The van der Waals surface area contributed by atoms with Crippen molar-refractivity contribution in [1.29, 1.82) is 0 Å². The monoisotopic (exact) mass is 205 g/mol. The quantitative estimate of drug-likeness (QED) is 0.780. The molecule has 2 aromatic heterocycles. The number of hydrogen-bond donors (Lipinski definition) is 2. The van der Waals surface area contributed by atoms with E-state index in [1.165, 1.54) is 12.3 Å². The van der Waals surface area contributed by atoms with Crippen molar-refractivity contribution < 1.29 is 19.4 Å². The van der Waals surface area contributed by atoms with Crippen molar-refractivity contribution in [2.75, 3.05) is 0 Å². The molecule has 0 aliphatic carbocycles. The van der Waals surface area contributed by atoms with Crippen molar-refractivity contribution >= 4 is 5.97 Å². The standard InChI is InChI=1S/C10H7NO4/c12-8-5-11-7(4-6(8)10(13)14)9-2-1-3-15-9/h1-5,12H,(H,13,14). The van der Waals surface area contributed by atoms with Gasteiger partial charge in [-0.15, -0.1) is 0 Å². The second kappa shape index (κ2) is 3.45. The van der Waals surface area contributed by atoms with Gasteiger partial charge in [0.15, 0.2) is 5.76 Å². The molecule has 2 aromatic rings. The van der Waals surface area contributed by atoms with E-state index in [2.05, 4.69) is 4.98 Å². The molecule has 0 bridgehead atoms.